The van der Waals surface area contributed by atoms with Gasteiger partial charge in [0.2, 0.25) is 41.4 Å². The van der Waals surface area contributed by atoms with Gasteiger partial charge in [-0.05, 0) is 36.5 Å². The Morgan fingerprint density at radius 3 is 1.93 bits per heavy atom. The van der Waals surface area contributed by atoms with Crippen LogP contribution in [-0.4, -0.2) is 106 Å². The van der Waals surface area contributed by atoms with Gasteiger partial charge < -0.3 is 65.2 Å². The summed E-state index contributed by atoms with van der Waals surface area (Å²) in [7, 11) is 0. The van der Waals surface area contributed by atoms with Crippen LogP contribution in [0.2, 0.25) is 0 Å². The van der Waals surface area contributed by atoms with Gasteiger partial charge >= 0.3 is 0 Å². The number of nitrogens with one attached hydrogen (secondary N) is 7. The number of aromatic amines is 2. The van der Waals surface area contributed by atoms with E-state index in [0.29, 0.717) is 16.8 Å². The molecule has 0 radical (unpaired) electrons. The van der Waals surface area contributed by atoms with Crippen molar-refractivity contribution in [2.45, 2.75) is 75.2 Å². The molecule has 5 atom stereocenters. The molecule has 4 aromatic rings. The van der Waals surface area contributed by atoms with E-state index in [1.165, 1.54) is 12.5 Å². The number of aromatic nitrogens is 3. The molecule has 0 saturated heterocycles. The number of H-pyrrole nitrogens is 2. The van der Waals surface area contributed by atoms with Gasteiger partial charge in [0.1, 0.15) is 24.2 Å². The average molecular weight is 829 g/mol. The molecule has 0 bridgehead atoms. The smallest absolute Gasteiger partial charge is 0.243 e. The Balaban J connectivity index is 1.61. The molecule has 2 aromatic heterocycles. The number of guanidine groups is 1. The molecule has 7 amide bonds. The molecule has 0 aliphatic carbocycles. The van der Waals surface area contributed by atoms with Crippen LogP contribution < -0.4 is 55.3 Å². The standard InChI is InChI=1S/C39H52N14O7/c40-26(12-13-32(41)54)34(56)51-31(17-24-19-45-21-49-24)38(60)52-29(15-22-7-2-1-3-8-22)37(59)50-28(11-6-14-46-39(43)44)36(58)53-30(35(57)48-20-33(42)55)16-23-18-47-27-10-5-4-9-25(23)27/h1-5,7-10,18-19,21,26,28-31,47H,6,11-17,20,40H2,(H2,41,54)(H2,42,55)(H,45,49)(H,48,57)(H,50,59)(H,51,56)(H,52,60)(H,53,58)(H4,43,44,46)/t26-,28-,29+,30+,31-/m0/s1. The molecule has 17 N–H and O–H groups in total. The number of amides is 7. The molecule has 0 unspecified atom stereocenters. The zero-order valence-corrected chi connectivity index (χ0v) is 32.8. The van der Waals surface area contributed by atoms with Crippen LogP contribution >= 0.6 is 0 Å². The van der Waals surface area contributed by atoms with E-state index in [2.05, 4.69) is 46.5 Å². The highest BCUT2D eigenvalue weighted by molar-refractivity contribution is 5.97. The van der Waals surface area contributed by atoms with E-state index in [4.69, 9.17) is 28.7 Å². The number of hydrogen-bond donors (Lipinski definition) is 12. The number of nitrogens with zero attached hydrogens (tertiary/aromatic N) is 2. The molecule has 0 spiro atoms. The van der Waals surface area contributed by atoms with Gasteiger partial charge in [-0.15, -0.1) is 0 Å². The van der Waals surface area contributed by atoms with Gasteiger partial charge in [0.25, 0.3) is 0 Å². The molecular weight excluding hydrogens is 777 g/mol. The number of hydrogen-bond acceptors (Lipinski definition) is 10. The molecule has 2 aromatic carbocycles. The Labute approximate surface area is 344 Å². The van der Waals surface area contributed by atoms with E-state index < -0.39 is 78.1 Å². The molecule has 0 fully saturated rings. The molecule has 320 valence electrons. The summed E-state index contributed by atoms with van der Waals surface area (Å²) in [6, 6.07) is 9.84. The number of para-hydroxylation sites is 1. The number of carbonyl (C=O) groups excluding carboxylic acids is 7. The molecule has 0 saturated carbocycles. The minimum Gasteiger partial charge on any atom is -0.370 e. The quantitative estimate of drug-likeness (QED) is 0.0193. The van der Waals surface area contributed by atoms with Crippen LogP contribution in [-0.2, 0) is 52.8 Å². The Morgan fingerprint density at radius 2 is 1.28 bits per heavy atom. The molecule has 21 heteroatoms. The lowest BCUT2D eigenvalue weighted by molar-refractivity contribution is -0.135. The number of nitrogens with two attached hydrogens (primary N) is 5. The van der Waals surface area contributed by atoms with E-state index in [9.17, 15) is 33.6 Å². The normalized spacial score (nSPS) is 13.4. The van der Waals surface area contributed by atoms with Gasteiger partial charge in [-0.25, -0.2) is 4.98 Å². The minimum absolute atomic E-state index is 0.00265. The SMILES string of the molecule is NC(=O)CC[C@H](N)C(=O)N[C@@H](Cc1cnc[nH]1)C(=O)N[C@H](Cc1ccccc1)C(=O)N[C@@H](CCCN=C(N)N)C(=O)N[C@H](Cc1c[nH]c2ccccc12)C(=O)NCC(N)=O. The Kier molecular flexibility index (Phi) is 17.1. The topological polar surface area (TPSA) is 367 Å². The van der Waals surface area contributed by atoms with E-state index in [0.717, 1.165) is 10.9 Å². The highest BCUT2D eigenvalue weighted by atomic mass is 16.2. The lowest BCUT2D eigenvalue weighted by atomic mass is 10.0. The second kappa shape index (κ2) is 22.6. The number of rotatable bonds is 24. The summed E-state index contributed by atoms with van der Waals surface area (Å²) in [5.41, 5.74) is 30.1. The van der Waals surface area contributed by atoms with Gasteiger partial charge in [-0.3, -0.25) is 38.6 Å². The summed E-state index contributed by atoms with van der Waals surface area (Å²) in [6.45, 7) is -0.389. The van der Waals surface area contributed by atoms with Crippen molar-refractivity contribution in [1.29, 1.82) is 0 Å². The number of primary amides is 2. The van der Waals surface area contributed by atoms with Crippen LogP contribution in [0.15, 0.2) is 78.3 Å². The summed E-state index contributed by atoms with van der Waals surface area (Å²) in [6.07, 6.45) is 4.40. The Bertz CT molecular complexity index is 2120. The fraction of sp³-hybridized carbons (Fsp3) is 0.359. The Morgan fingerprint density at radius 1 is 0.667 bits per heavy atom. The van der Waals surface area contributed by atoms with Crippen LogP contribution in [0.3, 0.4) is 0 Å². The van der Waals surface area contributed by atoms with Crippen molar-refractivity contribution in [3.05, 3.63) is 90.1 Å². The molecule has 60 heavy (non-hydrogen) atoms. The molecule has 0 aliphatic heterocycles. The van der Waals surface area contributed by atoms with Crippen molar-refractivity contribution < 1.29 is 33.6 Å². The summed E-state index contributed by atoms with van der Waals surface area (Å²) < 4.78 is 0. The van der Waals surface area contributed by atoms with Crippen LogP contribution in [0.1, 0.15) is 42.5 Å². The Hall–Kier alpha value is -7.29. The predicted octanol–water partition coefficient (Wildman–Crippen LogP) is -2.89. The molecule has 21 nitrogen and oxygen atoms in total. The molecule has 0 aliphatic rings. The fourth-order valence-corrected chi connectivity index (χ4v) is 6.21. The highest BCUT2D eigenvalue weighted by Crippen LogP contribution is 2.19. The molecular formula is C39H52N14O7. The van der Waals surface area contributed by atoms with Crippen LogP contribution in [0, 0.1) is 0 Å². The van der Waals surface area contributed by atoms with E-state index in [-0.39, 0.29) is 57.5 Å². The maximum absolute atomic E-state index is 14.3. The van der Waals surface area contributed by atoms with Crippen molar-refractivity contribution >= 4 is 58.2 Å². The van der Waals surface area contributed by atoms with E-state index in [1.807, 2.05) is 24.3 Å². The van der Waals surface area contributed by atoms with Gasteiger partial charge in [-0.2, -0.15) is 0 Å². The van der Waals surface area contributed by atoms with Crippen LogP contribution in [0.4, 0.5) is 0 Å². The fourth-order valence-electron chi connectivity index (χ4n) is 6.21. The van der Waals surface area contributed by atoms with Crippen LogP contribution in [0.25, 0.3) is 10.9 Å². The second-order valence-corrected chi connectivity index (χ2v) is 14.0. The van der Waals surface area contributed by atoms with Crippen LogP contribution in [0.5, 0.6) is 0 Å². The monoisotopic (exact) mass is 828 g/mol. The first kappa shape index (κ1) is 45.4. The largest absolute Gasteiger partial charge is 0.370 e. The highest BCUT2D eigenvalue weighted by Gasteiger charge is 2.33. The summed E-state index contributed by atoms with van der Waals surface area (Å²) in [4.78, 5) is 106. The number of benzene rings is 2. The summed E-state index contributed by atoms with van der Waals surface area (Å²) in [5.74, 6) is -5.37. The first-order chi connectivity index (χ1) is 28.7. The zero-order chi connectivity index (χ0) is 43.6. The first-order valence-corrected chi connectivity index (χ1v) is 19.1. The average Bonchev–Trinajstić information content (AvgIpc) is 3.89. The van der Waals surface area contributed by atoms with Crippen molar-refractivity contribution in [2.24, 2.45) is 33.7 Å². The summed E-state index contributed by atoms with van der Waals surface area (Å²) >= 11 is 0. The third-order valence-electron chi connectivity index (χ3n) is 9.31. The molecule has 2 heterocycles. The second-order valence-electron chi connectivity index (χ2n) is 14.0. The van der Waals surface area contributed by atoms with E-state index in [1.54, 1.807) is 36.5 Å². The number of carbonyl (C=O) groups is 7. The third-order valence-corrected chi connectivity index (χ3v) is 9.31. The maximum atomic E-state index is 14.3. The number of fused-ring (bicyclic) bond motifs is 1. The zero-order valence-electron chi connectivity index (χ0n) is 32.8. The lowest BCUT2D eigenvalue weighted by Gasteiger charge is -2.27. The molecule has 4 rings (SSSR count). The van der Waals surface area contributed by atoms with Gasteiger partial charge in [0.05, 0.1) is 18.9 Å². The third kappa shape index (κ3) is 14.6. The first-order valence-electron chi connectivity index (χ1n) is 19.1. The predicted molar refractivity (Wildman–Crippen MR) is 221 cm³/mol. The number of imidazole rings is 1. The summed E-state index contributed by atoms with van der Waals surface area (Å²) in [5, 5.41) is 14.0. The number of aliphatic imine (C=N–C) groups is 1. The van der Waals surface area contributed by atoms with Gasteiger partial charge in [0, 0.05) is 61.2 Å². The van der Waals surface area contributed by atoms with E-state index >= 15 is 0 Å². The van der Waals surface area contributed by atoms with Crippen molar-refractivity contribution in [3.8, 4) is 0 Å². The van der Waals surface area contributed by atoms with Crippen molar-refractivity contribution in [2.75, 3.05) is 13.1 Å². The maximum Gasteiger partial charge on any atom is 0.243 e. The lowest BCUT2D eigenvalue weighted by Crippen LogP contribution is -2.60. The minimum atomic E-state index is -1.31. The van der Waals surface area contributed by atoms with Gasteiger partial charge in [0.15, 0.2) is 5.96 Å². The van der Waals surface area contributed by atoms with Gasteiger partial charge in [-0.1, -0.05) is 48.5 Å². The van der Waals surface area contributed by atoms with Crippen molar-refractivity contribution in [3.63, 3.8) is 0 Å². The van der Waals surface area contributed by atoms with Crippen molar-refractivity contribution in [1.82, 2.24) is 41.5 Å².